The maximum absolute atomic E-state index is 13.0. The summed E-state index contributed by atoms with van der Waals surface area (Å²) >= 11 is 0. The molecule has 6 heteroatoms. The van der Waals surface area contributed by atoms with Crippen LogP contribution in [0.1, 0.15) is 39.6 Å². The van der Waals surface area contributed by atoms with Crippen molar-refractivity contribution in [1.29, 1.82) is 0 Å². The van der Waals surface area contributed by atoms with Crippen molar-refractivity contribution in [3.05, 3.63) is 77.1 Å². The minimum Gasteiger partial charge on any atom is -0.497 e. The van der Waals surface area contributed by atoms with Gasteiger partial charge in [-0.3, -0.25) is 4.79 Å². The van der Waals surface area contributed by atoms with Crippen molar-refractivity contribution in [3.8, 4) is 5.75 Å². The van der Waals surface area contributed by atoms with Gasteiger partial charge in [-0.15, -0.1) is 0 Å². The number of benzene rings is 2. The quantitative estimate of drug-likeness (QED) is 0.625. The van der Waals surface area contributed by atoms with Gasteiger partial charge in [0.2, 0.25) is 5.95 Å². The van der Waals surface area contributed by atoms with E-state index in [2.05, 4.69) is 46.2 Å². The van der Waals surface area contributed by atoms with Crippen LogP contribution in [0.15, 0.2) is 54.6 Å². The van der Waals surface area contributed by atoms with Gasteiger partial charge in [0.1, 0.15) is 5.75 Å². The molecule has 0 radical (unpaired) electrons. The Kier molecular flexibility index (Phi) is 5.52. The number of hydrogen-bond donors (Lipinski definition) is 0. The Hall–Kier alpha value is -3.41. The molecule has 2 heterocycles. The molecule has 1 fully saturated rings. The van der Waals surface area contributed by atoms with Gasteiger partial charge < -0.3 is 14.5 Å². The van der Waals surface area contributed by atoms with E-state index in [-0.39, 0.29) is 11.7 Å². The first kappa shape index (κ1) is 20.5. The lowest BCUT2D eigenvalue weighted by Crippen LogP contribution is -2.47. The highest BCUT2D eigenvalue weighted by atomic mass is 16.5. The lowest BCUT2D eigenvalue weighted by Gasteiger charge is -2.36. The lowest BCUT2D eigenvalue weighted by molar-refractivity contribution is 0.0962. The topological polar surface area (TPSA) is 58.6 Å². The third-order valence-corrected chi connectivity index (χ3v) is 6.57. The van der Waals surface area contributed by atoms with Crippen LogP contribution in [0.3, 0.4) is 0 Å². The monoisotopic (exact) mass is 428 g/mol. The van der Waals surface area contributed by atoms with Gasteiger partial charge in [0.25, 0.3) is 0 Å². The molecular formula is C26H28N4O2. The zero-order valence-corrected chi connectivity index (χ0v) is 18.6. The fourth-order valence-corrected chi connectivity index (χ4v) is 4.81. The number of aromatic nitrogens is 2. The standard InChI is InChI=1S/C26H28N4O2/c1-18-25-23(16-20(17-24(25)31)19-8-10-22(32-2)11-9-19)28-26(27-18)30-14-12-29(13-15-30)21-6-4-3-5-7-21/h3-11,20H,12-17H2,1-2H3/t20-/m1/s1. The number of methoxy groups -OCH3 is 1. The highest BCUT2D eigenvalue weighted by molar-refractivity contribution is 5.99. The number of nitrogens with zero attached hydrogens (tertiary/aromatic N) is 4. The average molecular weight is 429 g/mol. The van der Waals surface area contributed by atoms with Gasteiger partial charge in [-0.1, -0.05) is 30.3 Å². The number of ether oxygens (including phenoxy) is 1. The third kappa shape index (κ3) is 3.93. The first-order chi connectivity index (χ1) is 15.6. The number of anilines is 2. The molecule has 2 aromatic carbocycles. The van der Waals surface area contributed by atoms with E-state index in [4.69, 9.17) is 14.7 Å². The van der Waals surface area contributed by atoms with Crippen LogP contribution in [0.25, 0.3) is 0 Å². The summed E-state index contributed by atoms with van der Waals surface area (Å²) in [5, 5.41) is 0. The molecule has 5 rings (SSSR count). The Morgan fingerprint density at radius 1 is 0.875 bits per heavy atom. The number of fused-ring (bicyclic) bond motifs is 1. The van der Waals surface area contributed by atoms with Crippen LogP contribution in [0.5, 0.6) is 5.75 Å². The van der Waals surface area contributed by atoms with Crippen molar-refractivity contribution in [3.63, 3.8) is 0 Å². The van der Waals surface area contributed by atoms with E-state index in [1.54, 1.807) is 7.11 Å². The minimum absolute atomic E-state index is 0.137. The molecule has 1 aliphatic carbocycles. The Balaban J connectivity index is 1.35. The Labute approximate surface area is 188 Å². The van der Waals surface area contributed by atoms with Crippen molar-refractivity contribution in [2.45, 2.75) is 25.7 Å². The van der Waals surface area contributed by atoms with Crippen LogP contribution < -0.4 is 14.5 Å². The molecule has 164 valence electrons. The normalized spacial score (nSPS) is 18.4. The summed E-state index contributed by atoms with van der Waals surface area (Å²) in [4.78, 5) is 27.3. The molecule has 0 saturated carbocycles. The van der Waals surface area contributed by atoms with E-state index in [1.807, 2.05) is 25.1 Å². The van der Waals surface area contributed by atoms with Crippen molar-refractivity contribution >= 4 is 17.4 Å². The number of hydrogen-bond acceptors (Lipinski definition) is 6. The van der Waals surface area contributed by atoms with Gasteiger partial charge >= 0.3 is 0 Å². The van der Waals surface area contributed by atoms with Gasteiger partial charge in [-0.05, 0) is 49.1 Å². The second-order valence-electron chi connectivity index (χ2n) is 8.54. The highest BCUT2D eigenvalue weighted by Crippen LogP contribution is 2.34. The molecule has 2 aliphatic rings. The van der Waals surface area contributed by atoms with Crippen LogP contribution in [-0.2, 0) is 6.42 Å². The van der Waals surface area contributed by atoms with E-state index >= 15 is 0 Å². The Morgan fingerprint density at radius 2 is 1.56 bits per heavy atom. The number of aryl methyl sites for hydroxylation is 1. The minimum atomic E-state index is 0.137. The molecular weight excluding hydrogens is 400 g/mol. The second-order valence-corrected chi connectivity index (χ2v) is 8.54. The van der Waals surface area contributed by atoms with Crippen LogP contribution in [0, 0.1) is 6.92 Å². The largest absolute Gasteiger partial charge is 0.497 e. The van der Waals surface area contributed by atoms with Crippen LogP contribution in [0.4, 0.5) is 11.6 Å². The summed E-state index contributed by atoms with van der Waals surface area (Å²) in [6, 6.07) is 18.5. The Bertz CT molecular complexity index is 1110. The fourth-order valence-electron chi connectivity index (χ4n) is 4.81. The lowest BCUT2D eigenvalue weighted by atomic mass is 9.81. The number of carbonyl (C=O) groups is 1. The number of piperazine rings is 1. The van der Waals surface area contributed by atoms with Gasteiger partial charge in [-0.2, -0.15) is 0 Å². The number of ketones is 1. The molecule has 1 saturated heterocycles. The fraction of sp³-hybridized carbons (Fsp3) is 0.346. The molecule has 0 bridgehead atoms. The van der Waals surface area contributed by atoms with E-state index in [0.29, 0.717) is 6.42 Å². The molecule has 1 atom stereocenters. The van der Waals surface area contributed by atoms with E-state index in [0.717, 1.165) is 66.8 Å². The molecule has 6 nitrogen and oxygen atoms in total. The predicted molar refractivity (Wildman–Crippen MR) is 126 cm³/mol. The van der Waals surface area contributed by atoms with E-state index < -0.39 is 0 Å². The molecule has 0 spiro atoms. The van der Waals surface area contributed by atoms with Gasteiger partial charge in [0, 0.05) is 38.3 Å². The maximum atomic E-state index is 13.0. The summed E-state index contributed by atoms with van der Waals surface area (Å²) in [5.41, 5.74) is 4.81. The zero-order chi connectivity index (χ0) is 22.1. The SMILES string of the molecule is COc1ccc([C@H]2CC(=O)c3c(C)nc(N4CCN(c5ccccc5)CC4)nc3C2)cc1. The smallest absolute Gasteiger partial charge is 0.225 e. The molecule has 1 aliphatic heterocycles. The number of Topliss-reactive ketones (excluding diaryl/α,β-unsaturated/α-hetero) is 1. The van der Waals surface area contributed by atoms with Crippen LogP contribution in [0.2, 0.25) is 0 Å². The molecule has 32 heavy (non-hydrogen) atoms. The average Bonchev–Trinajstić information content (AvgIpc) is 2.84. The van der Waals surface area contributed by atoms with Crippen molar-refractivity contribution in [1.82, 2.24) is 9.97 Å². The van der Waals surface area contributed by atoms with Crippen molar-refractivity contribution in [2.75, 3.05) is 43.1 Å². The number of rotatable bonds is 4. The number of carbonyl (C=O) groups excluding carboxylic acids is 1. The van der Waals surface area contributed by atoms with E-state index in [9.17, 15) is 4.79 Å². The summed E-state index contributed by atoms with van der Waals surface area (Å²) < 4.78 is 5.27. The van der Waals surface area contributed by atoms with Crippen molar-refractivity contribution in [2.24, 2.45) is 0 Å². The molecule has 1 aromatic heterocycles. The predicted octanol–water partition coefficient (Wildman–Crippen LogP) is 4.03. The summed E-state index contributed by atoms with van der Waals surface area (Å²) in [6.45, 7) is 5.52. The summed E-state index contributed by atoms with van der Waals surface area (Å²) in [6.07, 6.45) is 1.26. The first-order valence-corrected chi connectivity index (χ1v) is 11.2. The van der Waals surface area contributed by atoms with Gasteiger partial charge in [-0.25, -0.2) is 9.97 Å². The maximum Gasteiger partial charge on any atom is 0.225 e. The molecule has 0 amide bonds. The third-order valence-electron chi connectivity index (χ3n) is 6.57. The van der Waals surface area contributed by atoms with Gasteiger partial charge in [0.15, 0.2) is 5.78 Å². The van der Waals surface area contributed by atoms with E-state index in [1.165, 1.54) is 5.69 Å². The summed E-state index contributed by atoms with van der Waals surface area (Å²) in [7, 11) is 1.66. The Morgan fingerprint density at radius 3 is 2.25 bits per heavy atom. The highest BCUT2D eigenvalue weighted by Gasteiger charge is 2.31. The van der Waals surface area contributed by atoms with Crippen LogP contribution in [-0.4, -0.2) is 49.0 Å². The first-order valence-electron chi connectivity index (χ1n) is 11.2. The number of para-hydroxylation sites is 1. The zero-order valence-electron chi connectivity index (χ0n) is 18.6. The van der Waals surface area contributed by atoms with Gasteiger partial charge in [0.05, 0.1) is 24.1 Å². The van der Waals surface area contributed by atoms with Crippen LogP contribution >= 0.6 is 0 Å². The molecule has 0 N–H and O–H groups in total. The second kappa shape index (κ2) is 8.61. The molecule has 0 unspecified atom stereocenters. The van der Waals surface area contributed by atoms with Crippen molar-refractivity contribution < 1.29 is 9.53 Å². The summed E-state index contributed by atoms with van der Waals surface area (Å²) in [5.74, 6) is 1.85. The molecule has 3 aromatic rings.